The molecule has 150 valence electrons. The summed E-state index contributed by atoms with van der Waals surface area (Å²) in [5.41, 5.74) is 1.47. The number of hydrogen-bond acceptors (Lipinski definition) is 4. The van der Waals surface area contributed by atoms with Crippen LogP contribution < -0.4 is 5.32 Å². The van der Waals surface area contributed by atoms with Crippen LogP contribution in [0, 0.1) is 5.41 Å². The van der Waals surface area contributed by atoms with Gasteiger partial charge in [0.05, 0.1) is 12.2 Å². The van der Waals surface area contributed by atoms with Crippen LogP contribution in [0.25, 0.3) is 10.9 Å². The zero-order valence-corrected chi connectivity index (χ0v) is 16.3. The van der Waals surface area contributed by atoms with E-state index in [2.05, 4.69) is 15.4 Å². The first kappa shape index (κ1) is 19.2. The van der Waals surface area contributed by atoms with Crippen molar-refractivity contribution in [3.8, 4) is 0 Å². The number of rotatable bonds is 6. The lowest BCUT2D eigenvalue weighted by Gasteiger charge is -2.23. The topological polar surface area (TPSA) is 76.9 Å². The molecule has 0 saturated heterocycles. The molecule has 1 fully saturated rings. The van der Waals surface area contributed by atoms with E-state index in [1.807, 2.05) is 0 Å². The highest BCUT2D eigenvalue weighted by molar-refractivity contribution is 6.08. The number of ketones is 1. The summed E-state index contributed by atoms with van der Waals surface area (Å²) in [6.07, 6.45) is 5.20. The summed E-state index contributed by atoms with van der Waals surface area (Å²) >= 11 is 0. The second-order valence-corrected chi connectivity index (χ2v) is 7.81. The SMILES string of the molecule is Cn1nc(C(=O)CC2(CF)CCCC2)c2ccc(NC(=O)c3ccccn3)cc21. The zero-order valence-electron chi connectivity index (χ0n) is 16.3. The van der Waals surface area contributed by atoms with Crippen molar-refractivity contribution in [3.05, 3.63) is 54.0 Å². The third-order valence-electron chi connectivity index (χ3n) is 5.75. The van der Waals surface area contributed by atoms with Crippen molar-refractivity contribution >= 4 is 28.3 Å². The Morgan fingerprint density at radius 2 is 2.00 bits per heavy atom. The third kappa shape index (κ3) is 3.77. The standard InChI is InChI=1S/C22H23FN4O2/c1-27-18-12-15(25-21(29)17-6-2-5-11-24-17)7-8-16(18)20(26-27)19(28)13-22(14-23)9-3-4-10-22/h2,5-8,11-12H,3-4,9-10,13-14H2,1H3,(H,25,29). The van der Waals surface area contributed by atoms with Gasteiger partial charge in [0, 0.05) is 36.2 Å². The molecular weight excluding hydrogens is 371 g/mol. The number of carbonyl (C=O) groups is 2. The highest BCUT2D eigenvalue weighted by Crippen LogP contribution is 2.42. The average molecular weight is 394 g/mol. The van der Waals surface area contributed by atoms with E-state index in [9.17, 15) is 14.0 Å². The number of fused-ring (bicyclic) bond motifs is 1. The molecule has 1 amide bonds. The van der Waals surface area contributed by atoms with Crippen LogP contribution in [0.4, 0.5) is 10.1 Å². The fourth-order valence-corrected chi connectivity index (χ4v) is 4.14. The number of nitrogens with zero attached hydrogens (tertiary/aromatic N) is 3. The van der Waals surface area contributed by atoms with Crippen LogP contribution >= 0.6 is 0 Å². The Morgan fingerprint density at radius 1 is 1.21 bits per heavy atom. The molecular formula is C22H23FN4O2. The maximum Gasteiger partial charge on any atom is 0.274 e. The molecule has 2 aromatic heterocycles. The first-order chi connectivity index (χ1) is 14.0. The molecule has 0 atom stereocenters. The maximum absolute atomic E-state index is 13.6. The molecule has 0 aliphatic heterocycles. The molecule has 0 unspecified atom stereocenters. The van der Waals surface area contributed by atoms with Gasteiger partial charge in [-0.15, -0.1) is 0 Å². The van der Waals surface area contributed by atoms with Crippen molar-refractivity contribution in [2.75, 3.05) is 12.0 Å². The van der Waals surface area contributed by atoms with E-state index >= 15 is 0 Å². The van der Waals surface area contributed by atoms with E-state index in [0.717, 1.165) is 31.2 Å². The number of benzene rings is 1. The number of Topliss-reactive ketones (excluding diaryl/α,β-unsaturated/α-hetero) is 1. The van der Waals surface area contributed by atoms with Gasteiger partial charge in [-0.1, -0.05) is 18.9 Å². The van der Waals surface area contributed by atoms with Gasteiger partial charge in [0.15, 0.2) is 5.78 Å². The average Bonchev–Trinajstić information content (AvgIpc) is 3.34. The Kier molecular flexibility index (Phi) is 5.13. The van der Waals surface area contributed by atoms with E-state index in [1.54, 1.807) is 54.3 Å². The molecule has 2 heterocycles. The highest BCUT2D eigenvalue weighted by atomic mass is 19.1. The normalized spacial score (nSPS) is 15.5. The van der Waals surface area contributed by atoms with Gasteiger partial charge in [0.25, 0.3) is 5.91 Å². The number of aromatic nitrogens is 3. The summed E-state index contributed by atoms with van der Waals surface area (Å²) in [6, 6.07) is 10.4. The van der Waals surface area contributed by atoms with Crippen LogP contribution in [0.2, 0.25) is 0 Å². The van der Waals surface area contributed by atoms with E-state index < -0.39 is 12.1 Å². The Hall–Kier alpha value is -3.09. The number of carbonyl (C=O) groups excluding carboxylic acids is 2. The van der Waals surface area contributed by atoms with Gasteiger partial charge in [0.1, 0.15) is 11.4 Å². The van der Waals surface area contributed by atoms with Crippen molar-refractivity contribution in [2.24, 2.45) is 12.5 Å². The van der Waals surface area contributed by atoms with Crippen LogP contribution in [-0.2, 0) is 7.05 Å². The lowest BCUT2D eigenvalue weighted by molar-refractivity contribution is 0.0876. The van der Waals surface area contributed by atoms with Crippen LogP contribution in [0.15, 0.2) is 42.6 Å². The van der Waals surface area contributed by atoms with Crippen molar-refractivity contribution in [1.29, 1.82) is 0 Å². The summed E-state index contributed by atoms with van der Waals surface area (Å²) < 4.78 is 15.3. The molecule has 29 heavy (non-hydrogen) atoms. The molecule has 3 aromatic rings. The summed E-state index contributed by atoms with van der Waals surface area (Å²) in [5, 5.41) is 7.92. The van der Waals surface area contributed by atoms with Gasteiger partial charge in [-0.2, -0.15) is 5.10 Å². The van der Waals surface area contributed by atoms with E-state index in [4.69, 9.17) is 0 Å². The monoisotopic (exact) mass is 394 g/mol. The molecule has 1 saturated carbocycles. The number of halogens is 1. The van der Waals surface area contributed by atoms with Crippen LogP contribution in [-0.4, -0.2) is 33.1 Å². The minimum absolute atomic E-state index is 0.125. The predicted octanol–water partition coefficient (Wildman–Crippen LogP) is 4.32. The molecule has 1 aliphatic rings. The summed E-state index contributed by atoms with van der Waals surface area (Å²) in [6.45, 7) is -0.465. The Bertz CT molecular complexity index is 1060. The van der Waals surface area contributed by atoms with E-state index in [-0.39, 0.29) is 18.1 Å². The lowest BCUT2D eigenvalue weighted by Crippen LogP contribution is -2.23. The number of pyridine rings is 1. The number of amides is 1. The lowest BCUT2D eigenvalue weighted by atomic mass is 9.82. The van der Waals surface area contributed by atoms with Gasteiger partial charge in [-0.25, -0.2) is 0 Å². The molecule has 0 bridgehead atoms. The minimum Gasteiger partial charge on any atom is -0.321 e. The van der Waals surface area contributed by atoms with Gasteiger partial charge >= 0.3 is 0 Å². The quantitative estimate of drug-likeness (QED) is 0.632. The molecule has 7 heteroatoms. The van der Waals surface area contributed by atoms with Gasteiger partial charge in [0.2, 0.25) is 0 Å². The second-order valence-electron chi connectivity index (χ2n) is 7.81. The van der Waals surface area contributed by atoms with E-state index in [0.29, 0.717) is 22.5 Å². The van der Waals surface area contributed by atoms with E-state index in [1.165, 1.54) is 0 Å². The fraction of sp³-hybridized carbons (Fsp3) is 0.364. The van der Waals surface area contributed by atoms with Crippen molar-refractivity contribution in [3.63, 3.8) is 0 Å². The largest absolute Gasteiger partial charge is 0.321 e. The van der Waals surface area contributed by atoms with Gasteiger partial charge in [-0.3, -0.25) is 23.6 Å². The zero-order chi connectivity index (χ0) is 20.4. The molecule has 4 rings (SSSR count). The first-order valence-electron chi connectivity index (χ1n) is 9.80. The number of hydrogen-bond donors (Lipinski definition) is 1. The number of aryl methyl sites for hydroxylation is 1. The molecule has 0 radical (unpaired) electrons. The summed E-state index contributed by atoms with van der Waals surface area (Å²) in [4.78, 5) is 29.3. The number of alkyl halides is 1. The van der Waals surface area contributed by atoms with Gasteiger partial charge in [-0.05, 0) is 43.2 Å². The van der Waals surface area contributed by atoms with Crippen molar-refractivity contribution in [1.82, 2.24) is 14.8 Å². The van der Waals surface area contributed by atoms with Crippen molar-refractivity contribution in [2.45, 2.75) is 32.1 Å². The van der Waals surface area contributed by atoms with Crippen LogP contribution in [0.1, 0.15) is 53.1 Å². The molecule has 6 nitrogen and oxygen atoms in total. The Labute approximate surface area is 168 Å². The first-order valence-corrected chi connectivity index (χ1v) is 9.80. The maximum atomic E-state index is 13.6. The third-order valence-corrected chi connectivity index (χ3v) is 5.75. The molecule has 1 aromatic carbocycles. The molecule has 1 N–H and O–H groups in total. The predicted molar refractivity (Wildman–Crippen MR) is 109 cm³/mol. The Morgan fingerprint density at radius 3 is 2.69 bits per heavy atom. The van der Waals surface area contributed by atoms with Gasteiger partial charge < -0.3 is 5.32 Å². The number of nitrogens with one attached hydrogen (secondary N) is 1. The van der Waals surface area contributed by atoms with Crippen LogP contribution in [0.5, 0.6) is 0 Å². The minimum atomic E-state index is -0.530. The Balaban J connectivity index is 1.58. The van der Waals surface area contributed by atoms with Crippen molar-refractivity contribution < 1.29 is 14.0 Å². The molecule has 1 aliphatic carbocycles. The number of anilines is 1. The second kappa shape index (κ2) is 7.73. The van der Waals surface area contributed by atoms with Crippen LogP contribution in [0.3, 0.4) is 0 Å². The summed E-state index contributed by atoms with van der Waals surface area (Å²) in [7, 11) is 1.75. The fourth-order valence-electron chi connectivity index (χ4n) is 4.14. The smallest absolute Gasteiger partial charge is 0.274 e. The highest BCUT2D eigenvalue weighted by Gasteiger charge is 2.37. The molecule has 0 spiro atoms. The summed E-state index contributed by atoms with van der Waals surface area (Å²) in [5.74, 6) is -0.435.